The second-order valence-electron chi connectivity index (χ2n) is 6.95. The van der Waals surface area contributed by atoms with Crippen LogP contribution in [0.2, 0.25) is 5.02 Å². The molecule has 1 aliphatic heterocycles. The topological polar surface area (TPSA) is 46.6 Å². The van der Waals surface area contributed by atoms with Crippen molar-refractivity contribution in [1.82, 2.24) is 4.90 Å². The molecule has 0 spiro atoms. The molecule has 1 amide bonds. The van der Waals surface area contributed by atoms with Gasteiger partial charge in [0.15, 0.2) is 0 Å². The number of carbonyl (C=O) groups is 2. The zero-order valence-corrected chi connectivity index (χ0v) is 17.1. The van der Waals surface area contributed by atoms with E-state index in [2.05, 4.69) is 0 Å². The van der Waals surface area contributed by atoms with E-state index in [1.807, 2.05) is 56.3 Å². The molecule has 0 saturated heterocycles. The molecule has 0 N–H and O–H groups in total. The van der Waals surface area contributed by atoms with E-state index < -0.39 is 11.9 Å². The fraction of sp³-hybridized carbons (Fsp3) is 0.304. The number of esters is 1. The van der Waals surface area contributed by atoms with Crippen molar-refractivity contribution < 1.29 is 14.3 Å². The van der Waals surface area contributed by atoms with Gasteiger partial charge >= 0.3 is 5.97 Å². The summed E-state index contributed by atoms with van der Waals surface area (Å²) >= 11 is 6.39. The normalized spacial score (nSPS) is 17.1. The van der Waals surface area contributed by atoms with Crippen molar-refractivity contribution in [3.63, 3.8) is 0 Å². The third-order valence-electron chi connectivity index (χ3n) is 5.15. The molecule has 146 valence electrons. The Hall–Kier alpha value is -2.59. The first kappa shape index (κ1) is 20.2. The van der Waals surface area contributed by atoms with E-state index in [4.69, 9.17) is 16.3 Å². The lowest BCUT2D eigenvalue weighted by molar-refractivity contribution is -0.138. The maximum Gasteiger partial charge on any atom is 0.336 e. The van der Waals surface area contributed by atoms with Gasteiger partial charge in [0.25, 0.3) is 0 Å². The molecular formula is C23H24ClNO3. The molecule has 28 heavy (non-hydrogen) atoms. The second-order valence-corrected chi connectivity index (χ2v) is 7.36. The summed E-state index contributed by atoms with van der Waals surface area (Å²) in [5, 5.41) is 0.546. The standard InChI is InChI=1S/C23H24ClNO3/c1-4-20-22(23(27)28-3)18(17-7-5-6-8-19(17)24)13-21(26)25(20)14-16-11-9-15(2)10-12-16/h5-12,18H,4,13-14H2,1-3H3/t18-/m1/s1. The first-order chi connectivity index (χ1) is 13.5. The third kappa shape index (κ3) is 3.97. The third-order valence-corrected chi connectivity index (χ3v) is 5.49. The second kappa shape index (κ2) is 8.61. The summed E-state index contributed by atoms with van der Waals surface area (Å²) in [6.45, 7) is 4.40. The molecule has 4 nitrogen and oxygen atoms in total. The Morgan fingerprint density at radius 2 is 1.86 bits per heavy atom. The molecule has 0 aliphatic carbocycles. The Balaban J connectivity index is 2.09. The first-order valence-corrected chi connectivity index (χ1v) is 9.75. The lowest BCUT2D eigenvalue weighted by atomic mass is 9.82. The molecule has 0 saturated carbocycles. The number of methoxy groups -OCH3 is 1. The lowest BCUT2D eigenvalue weighted by Gasteiger charge is -2.36. The van der Waals surface area contributed by atoms with Crippen molar-refractivity contribution in [3.8, 4) is 0 Å². The van der Waals surface area contributed by atoms with Gasteiger partial charge in [-0.05, 0) is 30.5 Å². The SMILES string of the molecule is CCC1=C(C(=O)OC)[C@@H](c2ccccc2Cl)CC(=O)N1Cc1ccc(C)cc1. The number of allylic oxidation sites excluding steroid dienone is 1. The number of ether oxygens (including phenoxy) is 1. The van der Waals surface area contributed by atoms with Crippen LogP contribution in [-0.4, -0.2) is 23.9 Å². The van der Waals surface area contributed by atoms with Gasteiger partial charge in [-0.3, -0.25) is 4.79 Å². The van der Waals surface area contributed by atoms with Crippen LogP contribution in [0.3, 0.4) is 0 Å². The number of benzene rings is 2. The average Bonchev–Trinajstić information content (AvgIpc) is 2.70. The monoisotopic (exact) mass is 397 g/mol. The maximum absolute atomic E-state index is 13.1. The molecule has 5 heteroatoms. The average molecular weight is 398 g/mol. The number of nitrogens with zero attached hydrogens (tertiary/aromatic N) is 1. The number of aryl methyl sites for hydroxylation is 1. The molecule has 0 radical (unpaired) electrons. The highest BCUT2D eigenvalue weighted by Crippen LogP contribution is 2.41. The van der Waals surface area contributed by atoms with Crippen LogP contribution in [0.5, 0.6) is 0 Å². The van der Waals surface area contributed by atoms with Crippen molar-refractivity contribution >= 4 is 23.5 Å². The summed E-state index contributed by atoms with van der Waals surface area (Å²) in [5.74, 6) is -0.837. The van der Waals surface area contributed by atoms with Crippen molar-refractivity contribution in [1.29, 1.82) is 0 Å². The Bertz CT molecular complexity index is 918. The molecule has 0 unspecified atom stereocenters. The fourth-order valence-electron chi connectivity index (χ4n) is 3.72. The van der Waals surface area contributed by atoms with E-state index in [-0.39, 0.29) is 12.3 Å². The summed E-state index contributed by atoms with van der Waals surface area (Å²) in [5.41, 5.74) is 4.18. The van der Waals surface area contributed by atoms with E-state index in [0.717, 1.165) is 16.7 Å². The van der Waals surface area contributed by atoms with E-state index in [9.17, 15) is 9.59 Å². The van der Waals surface area contributed by atoms with Crippen LogP contribution in [0.1, 0.15) is 42.4 Å². The molecule has 2 aromatic rings. The quantitative estimate of drug-likeness (QED) is 0.667. The molecule has 3 rings (SSSR count). The van der Waals surface area contributed by atoms with Gasteiger partial charge in [0.05, 0.1) is 19.2 Å². The van der Waals surface area contributed by atoms with Crippen LogP contribution in [0.25, 0.3) is 0 Å². The van der Waals surface area contributed by atoms with Crippen molar-refractivity contribution in [3.05, 3.63) is 81.5 Å². The summed E-state index contributed by atoms with van der Waals surface area (Å²) in [6, 6.07) is 15.4. The summed E-state index contributed by atoms with van der Waals surface area (Å²) < 4.78 is 5.09. The number of carbonyl (C=O) groups excluding carboxylic acids is 2. The van der Waals surface area contributed by atoms with Gasteiger partial charge in [0.2, 0.25) is 5.91 Å². The van der Waals surface area contributed by atoms with E-state index in [1.54, 1.807) is 11.0 Å². The van der Waals surface area contributed by atoms with Gasteiger partial charge < -0.3 is 9.64 Å². The van der Waals surface area contributed by atoms with Gasteiger partial charge in [0.1, 0.15) is 0 Å². The Labute approximate surface area is 170 Å². The van der Waals surface area contributed by atoms with Gasteiger partial charge in [-0.25, -0.2) is 4.79 Å². The number of hydrogen-bond acceptors (Lipinski definition) is 3. The molecule has 0 aromatic heterocycles. The van der Waals surface area contributed by atoms with E-state index in [1.165, 1.54) is 7.11 Å². The van der Waals surface area contributed by atoms with Crippen LogP contribution >= 0.6 is 11.6 Å². The van der Waals surface area contributed by atoms with Gasteiger partial charge in [-0.15, -0.1) is 0 Å². The summed E-state index contributed by atoms with van der Waals surface area (Å²) in [7, 11) is 1.37. The molecule has 1 atom stereocenters. The lowest BCUT2D eigenvalue weighted by Crippen LogP contribution is -2.38. The van der Waals surface area contributed by atoms with Crippen molar-refractivity contribution in [2.75, 3.05) is 7.11 Å². The van der Waals surface area contributed by atoms with E-state index >= 15 is 0 Å². The van der Waals surface area contributed by atoms with Crippen LogP contribution in [0.4, 0.5) is 0 Å². The molecule has 2 aromatic carbocycles. The minimum Gasteiger partial charge on any atom is -0.466 e. The molecule has 1 heterocycles. The predicted molar refractivity (Wildman–Crippen MR) is 110 cm³/mol. The highest BCUT2D eigenvalue weighted by Gasteiger charge is 2.38. The zero-order valence-electron chi connectivity index (χ0n) is 16.4. The smallest absolute Gasteiger partial charge is 0.336 e. The van der Waals surface area contributed by atoms with Crippen LogP contribution in [0, 0.1) is 6.92 Å². The molecule has 1 aliphatic rings. The van der Waals surface area contributed by atoms with Gasteiger partial charge in [-0.2, -0.15) is 0 Å². The van der Waals surface area contributed by atoms with Crippen LogP contribution in [-0.2, 0) is 20.9 Å². The zero-order chi connectivity index (χ0) is 20.3. The van der Waals surface area contributed by atoms with Gasteiger partial charge in [0, 0.05) is 23.1 Å². The molecule has 0 fully saturated rings. The first-order valence-electron chi connectivity index (χ1n) is 9.38. The van der Waals surface area contributed by atoms with Crippen molar-refractivity contribution in [2.45, 2.75) is 39.2 Å². The number of rotatable bonds is 5. The van der Waals surface area contributed by atoms with Crippen molar-refractivity contribution in [2.24, 2.45) is 0 Å². The molecular weight excluding hydrogens is 374 g/mol. The Morgan fingerprint density at radius 1 is 1.18 bits per heavy atom. The molecule has 0 bridgehead atoms. The number of amides is 1. The Morgan fingerprint density at radius 3 is 2.46 bits per heavy atom. The number of hydrogen-bond donors (Lipinski definition) is 0. The Kier molecular flexibility index (Phi) is 6.20. The summed E-state index contributed by atoms with van der Waals surface area (Å²) in [6.07, 6.45) is 0.729. The summed E-state index contributed by atoms with van der Waals surface area (Å²) in [4.78, 5) is 27.5. The van der Waals surface area contributed by atoms with E-state index in [0.29, 0.717) is 29.3 Å². The predicted octanol–water partition coefficient (Wildman–Crippen LogP) is 5.00. The number of halogens is 1. The maximum atomic E-state index is 13.1. The minimum atomic E-state index is -0.414. The van der Waals surface area contributed by atoms with Gasteiger partial charge in [-0.1, -0.05) is 66.6 Å². The fourth-order valence-corrected chi connectivity index (χ4v) is 3.99. The highest BCUT2D eigenvalue weighted by atomic mass is 35.5. The minimum absolute atomic E-state index is 0.0185. The highest BCUT2D eigenvalue weighted by molar-refractivity contribution is 6.31. The largest absolute Gasteiger partial charge is 0.466 e. The van der Waals surface area contributed by atoms with Crippen LogP contribution < -0.4 is 0 Å². The van der Waals surface area contributed by atoms with Crippen LogP contribution in [0.15, 0.2) is 59.8 Å².